The normalized spacial score (nSPS) is 10.5. The van der Waals surface area contributed by atoms with Crippen molar-refractivity contribution in [3.63, 3.8) is 0 Å². The molecule has 1 N–H and O–H groups in total. The van der Waals surface area contributed by atoms with E-state index in [0.717, 1.165) is 28.0 Å². The van der Waals surface area contributed by atoms with E-state index in [1.165, 1.54) is 12.5 Å². The molecule has 1 amide bonds. The van der Waals surface area contributed by atoms with Gasteiger partial charge in [0.25, 0.3) is 0 Å². The fourth-order valence-electron chi connectivity index (χ4n) is 2.36. The Hall–Kier alpha value is -2.80. The first-order valence-corrected chi connectivity index (χ1v) is 9.21. The number of hydrogen-bond donors (Lipinski definition) is 1. The molecule has 0 spiro atoms. The molecule has 2 aromatic carbocycles. The predicted octanol–water partition coefficient (Wildman–Crippen LogP) is 3.71. The Labute approximate surface area is 156 Å². The van der Waals surface area contributed by atoms with Crippen molar-refractivity contribution in [2.45, 2.75) is 19.0 Å². The number of nitrogens with one attached hydrogen (secondary N) is 1. The minimum absolute atomic E-state index is 0.103. The van der Waals surface area contributed by atoms with Crippen LogP contribution >= 0.6 is 11.8 Å². The second kappa shape index (κ2) is 8.53. The van der Waals surface area contributed by atoms with Crippen LogP contribution in [-0.2, 0) is 4.79 Å². The number of anilines is 1. The summed E-state index contributed by atoms with van der Waals surface area (Å²) in [5.74, 6) is 1.51. The van der Waals surface area contributed by atoms with E-state index >= 15 is 0 Å². The Bertz CT molecular complexity index is 877. The number of aryl methyl sites for hydroxylation is 1. The van der Waals surface area contributed by atoms with Gasteiger partial charge in [-0.2, -0.15) is 0 Å². The van der Waals surface area contributed by atoms with Gasteiger partial charge in [-0.25, -0.2) is 0 Å². The van der Waals surface area contributed by atoms with Crippen molar-refractivity contribution >= 4 is 23.4 Å². The number of hydrogen-bond acceptors (Lipinski definition) is 5. The van der Waals surface area contributed by atoms with Crippen LogP contribution in [0.1, 0.15) is 12.5 Å². The molecule has 0 bridgehead atoms. The Kier molecular flexibility index (Phi) is 5.91. The summed E-state index contributed by atoms with van der Waals surface area (Å²) in [6, 6.07) is 15.6. The molecule has 3 rings (SSSR count). The summed E-state index contributed by atoms with van der Waals surface area (Å²) in [7, 11) is 0. The van der Waals surface area contributed by atoms with Crippen LogP contribution in [0.15, 0.2) is 60.0 Å². The molecule has 1 aromatic heterocycles. The fourth-order valence-corrected chi connectivity index (χ4v) is 3.11. The van der Waals surface area contributed by atoms with Crippen molar-refractivity contribution in [3.05, 3.63) is 60.4 Å². The first kappa shape index (κ1) is 18.0. The fraction of sp³-hybridized carbons (Fsp3) is 0.211. The number of benzene rings is 2. The average molecular weight is 368 g/mol. The standard InChI is InChI=1S/C19H20N4O2S/c1-14-6-8-18(9-7-14)25-10-11-26-19-22-20-13-23(19)17-5-3-4-16(12-17)21-15(2)24/h3-9,12-13H,10-11H2,1-2H3,(H,21,24). The summed E-state index contributed by atoms with van der Waals surface area (Å²) in [6.07, 6.45) is 1.66. The van der Waals surface area contributed by atoms with Gasteiger partial charge in [-0.1, -0.05) is 35.5 Å². The van der Waals surface area contributed by atoms with Gasteiger partial charge in [-0.05, 0) is 37.3 Å². The largest absolute Gasteiger partial charge is 0.493 e. The smallest absolute Gasteiger partial charge is 0.221 e. The summed E-state index contributed by atoms with van der Waals surface area (Å²) in [5.41, 5.74) is 2.84. The van der Waals surface area contributed by atoms with Gasteiger partial charge in [-0.15, -0.1) is 10.2 Å². The minimum Gasteiger partial charge on any atom is -0.493 e. The van der Waals surface area contributed by atoms with E-state index in [2.05, 4.69) is 15.5 Å². The first-order chi connectivity index (χ1) is 12.6. The molecule has 0 aliphatic heterocycles. The van der Waals surface area contributed by atoms with Crippen molar-refractivity contribution in [3.8, 4) is 11.4 Å². The molecule has 3 aromatic rings. The number of thioether (sulfide) groups is 1. The van der Waals surface area contributed by atoms with E-state index in [1.807, 2.05) is 60.0 Å². The highest BCUT2D eigenvalue weighted by molar-refractivity contribution is 7.99. The van der Waals surface area contributed by atoms with E-state index < -0.39 is 0 Å². The number of carbonyl (C=O) groups is 1. The molecule has 0 fully saturated rings. The van der Waals surface area contributed by atoms with Gasteiger partial charge in [0.2, 0.25) is 5.91 Å². The Morgan fingerprint density at radius 3 is 2.81 bits per heavy atom. The van der Waals surface area contributed by atoms with Gasteiger partial charge < -0.3 is 10.1 Å². The number of nitrogens with zero attached hydrogens (tertiary/aromatic N) is 3. The first-order valence-electron chi connectivity index (χ1n) is 8.22. The molecule has 7 heteroatoms. The Balaban J connectivity index is 1.60. The van der Waals surface area contributed by atoms with Gasteiger partial charge >= 0.3 is 0 Å². The van der Waals surface area contributed by atoms with Crippen molar-refractivity contribution in [1.29, 1.82) is 0 Å². The number of ether oxygens (including phenoxy) is 1. The van der Waals surface area contributed by atoms with Crippen LogP contribution in [0.5, 0.6) is 5.75 Å². The third-order valence-electron chi connectivity index (χ3n) is 3.57. The van der Waals surface area contributed by atoms with Crippen LogP contribution in [-0.4, -0.2) is 33.0 Å². The van der Waals surface area contributed by atoms with Crippen molar-refractivity contribution in [2.75, 3.05) is 17.7 Å². The molecular weight excluding hydrogens is 348 g/mol. The zero-order valence-corrected chi connectivity index (χ0v) is 15.5. The number of rotatable bonds is 7. The third-order valence-corrected chi connectivity index (χ3v) is 4.47. The van der Waals surface area contributed by atoms with Crippen LogP contribution in [0.4, 0.5) is 5.69 Å². The summed E-state index contributed by atoms with van der Waals surface area (Å²) in [6.45, 7) is 4.11. The van der Waals surface area contributed by atoms with Crippen molar-refractivity contribution in [1.82, 2.24) is 14.8 Å². The lowest BCUT2D eigenvalue weighted by Crippen LogP contribution is -2.06. The molecule has 0 saturated carbocycles. The predicted molar refractivity (Wildman–Crippen MR) is 103 cm³/mol. The minimum atomic E-state index is -0.103. The van der Waals surface area contributed by atoms with Crippen LogP contribution in [0.2, 0.25) is 0 Å². The summed E-state index contributed by atoms with van der Waals surface area (Å²) >= 11 is 1.57. The lowest BCUT2D eigenvalue weighted by Gasteiger charge is -2.09. The van der Waals surface area contributed by atoms with E-state index in [9.17, 15) is 4.79 Å². The third kappa shape index (κ3) is 4.86. The average Bonchev–Trinajstić information content (AvgIpc) is 3.08. The van der Waals surface area contributed by atoms with Crippen LogP contribution in [0.25, 0.3) is 5.69 Å². The van der Waals surface area contributed by atoms with Crippen LogP contribution < -0.4 is 10.1 Å². The molecule has 0 atom stereocenters. The molecule has 1 heterocycles. The number of amides is 1. The molecule has 0 aliphatic carbocycles. The van der Waals surface area contributed by atoms with Crippen LogP contribution in [0.3, 0.4) is 0 Å². The van der Waals surface area contributed by atoms with Crippen LogP contribution in [0, 0.1) is 6.92 Å². The monoisotopic (exact) mass is 368 g/mol. The molecule has 134 valence electrons. The molecular formula is C19H20N4O2S. The highest BCUT2D eigenvalue weighted by Gasteiger charge is 2.08. The molecule has 0 aliphatic rings. The lowest BCUT2D eigenvalue weighted by molar-refractivity contribution is -0.114. The maximum absolute atomic E-state index is 11.2. The number of carbonyl (C=O) groups excluding carboxylic acids is 1. The summed E-state index contributed by atoms with van der Waals surface area (Å²) < 4.78 is 7.63. The van der Waals surface area contributed by atoms with Crippen molar-refractivity contribution in [2.24, 2.45) is 0 Å². The van der Waals surface area contributed by atoms with Gasteiger partial charge in [0, 0.05) is 18.4 Å². The second-order valence-corrected chi connectivity index (χ2v) is 6.79. The topological polar surface area (TPSA) is 69.0 Å². The molecule has 26 heavy (non-hydrogen) atoms. The van der Waals surface area contributed by atoms with E-state index in [-0.39, 0.29) is 5.91 Å². The summed E-state index contributed by atoms with van der Waals surface area (Å²) in [4.78, 5) is 11.2. The molecule has 0 saturated heterocycles. The van der Waals surface area contributed by atoms with E-state index in [4.69, 9.17) is 4.74 Å². The zero-order chi connectivity index (χ0) is 18.4. The maximum Gasteiger partial charge on any atom is 0.221 e. The lowest BCUT2D eigenvalue weighted by atomic mass is 10.2. The zero-order valence-electron chi connectivity index (χ0n) is 14.7. The molecule has 6 nitrogen and oxygen atoms in total. The van der Waals surface area contributed by atoms with E-state index in [1.54, 1.807) is 18.1 Å². The Morgan fingerprint density at radius 2 is 2.04 bits per heavy atom. The van der Waals surface area contributed by atoms with Gasteiger partial charge in [-0.3, -0.25) is 9.36 Å². The van der Waals surface area contributed by atoms with Gasteiger partial charge in [0.1, 0.15) is 12.1 Å². The van der Waals surface area contributed by atoms with Crippen molar-refractivity contribution < 1.29 is 9.53 Å². The quantitative estimate of drug-likeness (QED) is 0.509. The molecule has 0 radical (unpaired) electrons. The Morgan fingerprint density at radius 1 is 1.23 bits per heavy atom. The SMILES string of the molecule is CC(=O)Nc1cccc(-n2cnnc2SCCOc2ccc(C)cc2)c1. The number of aromatic nitrogens is 3. The highest BCUT2D eigenvalue weighted by atomic mass is 32.2. The highest BCUT2D eigenvalue weighted by Crippen LogP contribution is 2.22. The maximum atomic E-state index is 11.2. The second-order valence-electron chi connectivity index (χ2n) is 5.73. The van der Waals surface area contributed by atoms with Gasteiger partial charge in [0.05, 0.1) is 12.3 Å². The van der Waals surface area contributed by atoms with E-state index in [0.29, 0.717) is 6.61 Å². The molecule has 0 unspecified atom stereocenters. The van der Waals surface area contributed by atoms with Gasteiger partial charge in [0.15, 0.2) is 5.16 Å². The summed E-state index contributed by atoms with van der Waals surface area (Å²) in [5, 5.41) is 11.7.